The van der Waals surface area contributed by atoms with Crippen molar-refractivity contribution in [3.63, 3.8) is 0 Å². The number of rotatable bonds is 4. The fourth-order valence-electron chi connectivity index (χ4n) is 2.63. The molecule has 136 valence electrons. The Bertz CT molecular complexity index is 651. The molecule has 0 aromatic rings. The lowest BCUT2D eigenvalue weighted by molar-refractivity contribution is -0.144. The topological polar surface area (TPSA) is 163 Å². The highest BCUT2D eigenvalue weighted by molar-refractivity contribution is 7.80. The van der Waals surface area contributed by atoms with Gasteiger partial charge in [-0.2, -0.15) is 13.5 Å². The lowest BCUT2D eigenvalue weighted by Crippen LogP contribution is -2.56. The molecule has 4 amide bonds. The number of hydrogen-bond donors (Lipinski definition) is 3. The molecule has 2 bridgehead atoms. The van der Waals surface area contributed by atoms with Crippen LogP contribution in [0.3, 0.4) is 0 Å². The Labute approximate surface area is 138 Å². The summed E-state index contributed by atoms with van der Waals surface area (Å²) in [5, 5.41) is 1.49. The van der Waals surface area contributed by atoms with Crippen molar-refractivity contribution in [1.82, 2.24) is 20.4 Å². The van der Waals surface area contributed by atoms with Crippen LogP contribution in [0.15, 0.2) is 0 Å². The van der Waals surface area contributed by atoms with E-state index in [2.05, 4.69) is 9.71 Å². The maximum atomic E-state index is 12.4. The number of piperidine rings is 1. The van der Waals surface area contributed by atoms with Gasteiger partial charge in [0.1, 0.15) is 6.04 Å². The molecule has 2 rings (SSSR count). The van der Waals surface area contributed by atoms with E-state index in [1.165, 1.54) is 14.0 Å². The fourth-order valence-corrected chi connectivity index (χ4v) is 3.02. The number of carbonyl (C=O) groups is 3. The molecule has 2 fully saturated rings. The molecule has 13 heteroatoms. The Kier molecular flexibility index (Phi) is 4.98. The summed E-state index contributed by atoms with van der Waals surface area (Å²) in [5.41, 5.74) is 7.70. The first kappa shape index (κ1) is 18.4. The number of amides is 4. The van der Waals surface area contributed by atoms with E-state index in [0.717, 1.165) is 9.91 Å². The molecule has 0 aromatic carbocycles. The molecule has 2 aliphatic heterocycles. The Morgan fingerprint density at radius 1 is 1.46 bits per heavy atom. The first-order valence-corrected chi connectivity index (χ1v) is 8.48. The first-order chi connectivity index (χ1) is 11.0. The summed E-state index contributed by atoms with van der Waals surface area (Å²) >= 11 is 0. The lowest BCUT2D eigenvalue weighted by Gasteiger charge is -2.32. The minimum atomic E-state index is -4.85. The normalized spacial score (nSPS) is 24.8. The molecular weight excluding hydrogens is 346 g/mol. The van der Waals surface area contributed by atoms with Crippen LogP contribution in [0.2, 0.25) is 0 Å². The van der Waals surface area contributed by atoms with Gasteiger partial charge in [0.05, 0.1) is 12.1 Å². The summed E-state index contributed by atoms with van der Waals surface area (Å²) in [7, 11) is -3.53. The van der Waals surface area contributed by atoms with Crippen LogP contribution in [0, 0.1) is 0 Å². The van der Waals surface area contributed by atoms with Crippen molar-refractivity contribution >= 4 is 28.2 Å². The van der Waals surface area contributed by atoms with Crippen LogP contribution >= 0.6 is 0 Å². The third kappa shape index (κ3) is 3.75. The zero-order valence-corrected chi connectivity index (χ0v) is 13.9. The van der Waals surface area contributed by atoms with Crippen molar-refractivity contribution in [3.05, 3.63) is 0 Å². The van der Waals surface area contributed by atoms with E-state index >= 15 is 0 Å². The van der Waals surface area contributed by atoms with Crippen molar-refractivity contribution in [2.75, 3.05) is 13.6 Å². The summed E-state index contributed by atoms with van der Waals surface area (Å²) in [6.07, 6.45) is 0.544. The second kappa shape index (κ2) is 6.51. The molecule has 0 aliphatic carbocycles. The van der Waals surface area contributed by atoms with Gasteiger partial charge in [0.2, 0.25) is 0 Å². The van der Waals surface area contributed by atoms with E-state index in [0.29, 0.717) is 11.5 Å². The molecule has 2 saturated heterocycles. The molecule has 0 unspecified atom stereocenters. The monoisotopic (exact) mass is 365 g/mol. The van der Waals surface area contributed by atoms with Gasteiger partial charge in [-0.3, -0.25) is 24.6 Å². The van der Waals surface area contributed by atoms with E-state index in [-0.39, 0.29) is 13.0 Å². The highest BCUT2D eigenvalue weighted by Gasteiger charge is 2.49. The Morgan fingerprint density at radius 3 is 2.62 bits per heavy atom. The number of nitrogens with one attached hydrogen (secondary N) is 1. The second-order valence-corrected chi connectivity index (χ2v) is 6.68. The van der Waals surface area contributed by atoms with Gasteiger partial charge in [0.15, 0.2) is 0 Å². The number of hydroxylamine groups is 2. The van der Waals surface area contributed by atoms with Crippen LogP contribution in [-0.4, -0.2) is 77.5 Å². The minimum Gasteiger partial charge on any atom is -0.320 e. The summed E-state index contributed by atoms with van der Waals surface area (Å²) in [5.74, 6) is -1.12. The zero-order chi connectivity index (χ0) is 18.2. The Hall–Kier alpha value is -1.96. The molecule has 4 N–H and O–H groups in total. The molecular formula is C11H19N5O7S. The third-order valence-corrected chi connectivity index (χ3v) is 4.15. The van der Waals surface area contributed by atoms with Crippen LogP contribution < -0.4 is 11.2 Å². The van der Waals surface area contributed by atoms with E-state index in [1.54, 1.807) is 0 Å². The molecule has 2 heterocycles. The number of urea groups is 1. The average Bonchev–Trinajstić information content (AvgIpc) is 2.70. The van der Waals surface area contributed by atoms with Gasteiger partial charge in [0.25, 0.3) is 11.8 Å². The Morgan fingerprint density at radius 2 is 2.08 bits per heavy atom. The molecule has 0 spiro atoms. The molecule has 12 nitrogen and oxygen atoms in total. The van der Waals surface area contributed by atoms with Gasteiger partial charge < -0.3 is 10.6 Å². The predicted molar refractivity (Wildman–Crippen MR) is 77.9 cm³/mol. The summed E-state index contributed by atoms with van der Waals surface area (Å²) in [6.45, 7) is 1.52. The van der Waals surface area contributed by atoms with E-state index < -0.39 is 46.4 Å². The van der Waals surface area contributed by atoms with E-state index in [9.17, 15) is 22.8 Å². The van der Waals surface area contributed by atoms with Crippen molar-refractivity contribution < 1.29 is 31.6 Å². The molecule has 3 atom stereocenters. The largest absolute Gasteiger partial charge is 0.418 e. The third-order valence-electron chi connectivity index (χ3n) is 3.80. The van der Waals surface area contributed by atoms with Gasteiger partial charge in [-0.15, -0.1) is 4.28 Å². The van der Waals surface area contributed by atoms with Crippen LogP contribution in [0.4, 0.5) is 4.79 Å². The maximum absolute atomic E-state index is 12.4. The lowest BCUT2D eigenvalue weighted by atomic mass is 10.0. The van der Waals surface area contributed by atoms with Crippen LogP contribution in [-0.2, 0) is 24.3 Å². The van der Waals surface area contributed by atoms with E-state index in [1.807, 2.05) is 0 Å². The number of hydrazine groups is 1. The number of fused-ring (bicyclic) bond motifs is 2. The highest BCUT2D eigenvalue weighted by atomic mass is 32.3. The van der Waals surface area contributed by atoms with Crippen molar-refractivity contribution in [3.8, 4) is 0 Å². The number of carbonyl (C=O) groups excluding carboxylic acids is 3. The molecule has 0 aromatic heterocycles. The van der Waals surface area contributed by atoms with Crippen LogP contribution in [0.25, 0.3) is 0 Å². The number of nitrogens with two attached hydrogens (primary N) is 1. The predicted octanol–water partition coefficient (Wildman–Crippen LogP) is -2.17. The average molecular weight is 365 g/mol. The number of likely N-dealkylation sites (N-methyl/N-ethyl adjacent to an activating group) is 1. The highest BCUT2D eigenvalue weighted by Crippen LogP contribution is 2.31. The SMILES string of the molecule is C[C@H](N)C(=O)NN(C)C(=O)[C@@H]1CC[C@@H]2CN1C(=O)N2OS(=O)(=O)O. The molecule has 0 radical (unpaired) electrons. The van der Waals surface area contributed by atoms with Crippen molar-refractivity contribution in [1.29, 1.82) is 0 Å². The second-order valence-electron chi connectivity index (χ2n) is 5.67. The molecule has 0 saturated carbocycles. The zero-order valence-electron chi connectivity index (χ0n) is 13.1. The smallest absolute Gasteiger partial charge is 0.320 e. The first-order valence-electron chi connectivity index (χ1n) is 7.11. The quantitative estimate of drug-likeness (QED) is 0.374. The Balaban J connectivity index is 2.08. The van der Waals surface area contributed by atoms with Gasteiger partial charge >= 0.3 is 16.4 Å². The van der Waals surface area contributed by atoms with Crippen LogP contribution in [0.5, 0.6) is 0 Å². The van der Waals surface area contributed by atoms with E-state index in [4.69, 9.17) is 10.3 Å². The number of hydrogen-bond acceptors (Lipinski definition) is 7. The van der Waals surface area contributed by atoms with Gasteiger partial charge in [0, 0.05) is 13.6 Å². The molecule has 2 aliphatic rings. The van der Waals surface area contributed by atoms with Crippen molar-refractivity contribution in [2.45, 2.75) is 37.9 Å². The minimum absolute atomic E-state index is 0.0693. The molecule has 24 heavy (non-hydrogen) atoms. The van der Waals surface area contributed by atoms with Gasteiger partial charge in [-0.05, 0) is 19.8 Å². The summed E-state index contributed by atoms with van der Waals surface area (Å²) < 4.78 is 34.6. The van der Waals surface area contributed by atoms with Gasteiger partial charge in [-0.25, -0.2) is 4.79 Å². The van der Waals surface area contributed by atoms with Gasteiger partial charge in [-0.1, -0.05) is 0 Å². The summed E-state index contributed by atoms with van der Waals surface area (Å²) in [6, 6.07) is -3.14. The summed E-state index contributed by atoms with van der Waals surface area (Å²) in [4.78, 5) is 37.3. The van der Waals surface area contributed by atoms with Crippen LogP contribution in [0.1, 0.15) is 19.8 Å². The maximum Gasteiger partial charge on any atom is 0.418 e. The fraction of sp³-hybridized carbons (Fsp3) is 0.727. The van der Waals surface area contributed by atoms with Crippen molar-refractivity contribution in [2.24, 2.45) is 5.73 Å². The standard InChI is InChI=1S/C11H19N5O7S/c1-6(12)9(17)13-14(2)10(18)8-4-3-7-5-15(8)11(19)16(7)23-24(20,21)22/h6-8H,3-5,12H2,1-2H3,(H,13,17)(H,20,21,22)/t6-,7+,8-/m0/s1. The number of nitrogens with zero attached hydrogens (tertiary/aromatic N) is 3.